The molecular weight excluding hydrogens is 394 g/mol. The van der Waals surface area contributed by atoms with E-state index in [2.05, 4.69) is 5.32 Å². The maximum atomic E-state index is 13.0. The van der Waals surface area contributed by atoms with Crippen LogP contribution >= 0.6 is 0 Å². The quantitative estimate of drug-likeness (QED) is 0.794. The molecule has 1 N–H and O–H groups in total. The number of pyridine rings is 1. The second kappa shape index (κ2) is 8.96. The van der Waals surface area contributed by atoms with Gasteiger partial charge in [-0.2, -0.15) is 0 Å². The molecule has 2 aliphatic heterocycles. The minimum atomic E-state index is -0.0734. The summed E-state index contributed by atoms with van der Waals surface area (Å²) in [5.41, 5.74) is 2.99. The van der Waals surface area contributed by atoms with Gasteiger partial charge in [0.05, 0.1) is 11.3 Å². The molecule has 1 atom stereocenters. The number of hydrogen-bond donors (Lipinski definition) is 1. The van der Waals surface area contributed by atoms with Gasteiger partial charge in [0.1, 0.15) is 0 Å². The molecule has 0 bridgehead atoms. The molecule has 2 aromatic rings. The number of nitrogens with zero attached hydrogens (tertiary/aromatic N) is 2. The van der Waals surface area contributed by atoms with Crippen LogP contribution in [0.3, 0.4) is 0 Å². The summed E-state index contributed by atoms with van der Waals surface area (Å²) in [5, 5.41) is 3.05. The zero-order valence-corrected chi connectivity index (χ0v) is 18.3. The van der Waals surface area contributed by atoms with E-state index in [1.54, 1.807) is 18.2 Å². The Bertz CT molecular complexity index is 983. The number of hydrogen-bond acceptors (Lipinski definition) is 5. The number of aromatic nitrogens is 1. The van der Waals surface area contributed by atoms with Crippen molar-refractivity contribution < 1.29 is 19.1 Å². The maximum absolute atomic E-state index is 13.0. The Balaban J connectivity index is 1.45. The van der Waals surface area contributed by atoms with Crippen LogP contribution in [-0.4, -0.2) is 47.6 Å². The highest BCUT2D eigenvalue weighted by Gasteiger charge is 2.29. The van der Waals surface area contributed by atoms with Gasteiger partial charge >= 0.3 is 0 Å². The highest BCUT2D eigenvalue weighted by molar-refractivity contribution is 5.96. The molecule has 1 aromatic heterocycles. The average Bonchev–Trinajstić information content (AvgIpc) is 3.26. The third kappa shape index (κ3) is 4.50. The second-order valence-electron chi connectivity index (χ2n) is 8.30. The smallest absolute Gasteiger partial charge is 0.253 e. The van der Waals surface area contributed by atoms with Crippen LogP contribution in [0.1, 0.15) is 71.1 Å². The molecule has 0 spiro atoms. The molecular formula is C24H29N3O4. The topological polar surface area (TPSA) is 80.8 Å². The van der Waals surface area contributed by atoms with Crippen molar-refractivity contribution in [2.24, 2.45) is 0 Å². The van der Waals surface area contributed by atoms with E-state index in [-0.39, 0.29) is 30.6 Å². The van der Waals surface area contributed by atoms with E-state index < -0.39 is 0 Å². The molecule has 1 fully saturated rings. The molecule has 1 aromatic carbocycles. The number of likely N-dealkylation sites (tertiary alicyclic amines) is 1. The number of rotatable bonds is 5. The van der Waals surface area contributed by atoms with Crippen LogP contribution in [-0.2, 0) is 0 Å². The van der Waals surface area contributed by atoms with Crippen molar-refractivity contribution in [1.82, 2.24) is 15.2 Å². The van der Waals surface area contributed by atoms with Gasteiger partial charge < -0.3 is 19.7 Å². The Kier molecular flexibility index (Phi) is 6.11. The van der Waals surface area contributed by atoms with Gasteiger partial charge in [-0.3, -0.25) is 14.6 Å². The lowest BCUT2D eigenvalue weighted by Crippen LogP contribution is -2.39. The van der Waals surface area contributed by atoms with Gasteiger partial charge in [0.2, 0.25) is 6.79 Å². The van der Waals surface area contributed by atoms with Crippen molar-refractivity contribution in [3.05, 3.63) is 52.8 Å². The van der Waals surface area contributed by atoms with E-state index in [0.717, 1.165) is 30.7 Å². The fourth-order valence-electron chi connectivity index (χ4n) is 4.05. The van der Waals surface area contributed by atoms with Crippen LogP contribution in [0.25, 0.3) is 0 Å². The zero-order valence-electron chi connectivity index (χ0n) is 18.3. The Labute approximate surface area is 182 Å². The minimum Gasteiger partial charge on any atom is -0.454 e. The van der Waals surface area contributed by atoms with Gasteiger partial charge in [0.25, 0.3) is 11.8 Å². The van der Waals surface area contributed by atoms with Gasteiger partial charge in [-0.25, -0.2) is 0 Å². The largest absolute Gasteiger partial charge is 0.454 e. The standard InChI is InChI=1S/C24H29N3O4/c1-4-15(2)26-23(28)19-7-5-16(3)25-22(19)17-9-11-27(12-10-17)24(29)18-6-8-20-21(13-18)31-14-30-20/h5-8,13,15,17H,4,9-12,14H2,1-3H3,(H,26,28). The van der Waals surface area contributed by atoms with E-state index in [9.17, 15) is 9.59 Å². The van der Waals surface area contributed by atoms with Crippen LogP contribution < -0.4 is 14.8 Å². The van der Waals surface area contributed by atoms with Crippen molar-refractivity contribution in [1.29, 1.82) is 0 Å². The van der Waals surface area contributed by atoms with Gasteiger partial charge in [-0.15, -0.1) is 0 Å². The summed E-state index contributed by atoms with van der Waals surface area (Å²) in [5.74, 6) is 1.35. The summed E-state index contributed by atoms with van der Waals surface area (Å²) in [6, 6.07) is 9.17. The molecule has 0 aliphatic carbocycles. The first-order valence-electron chi connectivity index (χ1n) is 10.9. The van der Waals surface area contributed by atoms with E-state index in [4.69, 9.17) is 14.5 Å². The SMILES string of the molecule is CCC(C)NC(=O)c1ccc(C)nc1C1CCN(C(=O)c2ccc3c(c2)OCO3)CC1. The van der Waals surface area contributed by atoms with Gasteiger partial charge in [-0.1, -0.05) is 6.92 Å². The van der Waals surface area contributed by atoms with E-state index in [1.165, 1.54) is 0 Å². The van der Waals surface area contributed by atoms with Crippen LogP contribution in [0.15, 0.2) is 30.3 Å². The highest BCUT2D eigenvalue weighted by atomic mass is 16.7. The van der Waals surface area contributed by atoms with Crippen molar-refractivity contribution in [3.63, 3.8) is 0 Å². The number of fused-ring (bicyclic) bond motifs is 1. The molecule has 4 rings (SSSR count). The molecule has 2 amide bonds. The van der Waals surface area contributed by atoms with Crippen molar-refractivity contribution >= 4 is 11.8 Å². The lowest BCUT2D eigenvalue weighted by Gasteiger charge is -2.32. The number of benzene rings is 1. The Morgan fingerprint density at radius 1 is 1.16 bits per heavy atom. The summed E-state index contributed by atoms with van der Waals surface area (Å²) in [4.78, 5) is 32.4. The van der Waals surface area contributed by atoms with Crippen LogP contribution in [0.2, 0.25) is 0 Å². The average molecular weight is 424 g/mol. The van der Waals surface area contributed by atoms with Crippen LogP contribution in [0.4, 0.5) is 0 Å². The molecule has 7 heteroatoms. The summed E-state index contributed by atoms with van der Waals surface area (Å²) in [7, 11) is 0. The maximum Gasteiger partial charge on any atom is 0.253 e. The lowest BCUT2D eigenvalue weighted by atomic mass is 9.89. The number of amides is 2. The minimum absolute atomic E-state index is 0.0105. The number of ether oxygens (including phenoxy) is 2. The fourth-order valence-corrected chi connectivity index (χ4v) is 4.05. The number of carbonyl (C=O) groups is 2. The van der Waals surface area contributed by atoms with Crippen molar-refractivity contribution in [2.45, 2.75) is 52.0 Å². The third-order valence-corrected chi connectivity index (χ3v) is 6.09. The summed E-state index contributed by atoms with van der Waals surface area (Å²) in [6.45, 7) is 7.43. The van der Waals surface area contributed by atoms with Gasteiger partial charge in [0.15, 0.2) is 11.5 Å². The van der Waals surface area contributed by atoms with E-state index in [1.807, 2.05) is 37.8 Å². The monoisotopic (exact) mass is 423 g/mol. The lowest BCUT2D eigenvalue weighted by molar-refractivity contribution is 0.0710. The molecule has 0 radical (unpaired) electrons. The Morgan fingerprint density at radius 2 is 1.90 bits per heavy atom. The molecule has 2 aliphatic rings. The first-order valence-corrected chi connectivity index (χ1v) is 10.9. The van der Waals surface area contributed by atoms with Crippen LogP contribution in [0, 0.1) is 6.92 Å². The third-order valence-electron chi connectivity index (χ3n) is 6.09. The molecule has 164 valence electrons. The summed E-state index contributed by atoms with van der Waals surface area (Å²) in [6.07, 6.45) is 2.42. The van der Waals surface area contributed by atoms with Crippen LogP contribution in [0.5, 0.6) is 11.5 Å². The molecule has 7 nitrogen and oxygen atoms in total. The zero-order chi connectivity index (χ0) is 22.0. The predicted molar refractivity (Wildman–Crippen MR) is 117 cm³/mol. The molecule has 0 saturated carbocycles. The number of piperidine rings is 1. The van der Waals surface area contributed by atoms with E-state index in [0.29, 0.717) is 35.7 Å². The Morgan fingerprint density at radius 3 is 2.65 bits per heavy atom. The normalized spacial score (nSPS) is 16.8. The molecule has 1 saturated heterocycles. The predicted octanol–water partition coefficient (Wildman–Crippen LogP) is 3.67. The first kappa shape index (κ1) is 21.2. The van der Waals surface area contributed by atoms with E-state index >= 15 is 0 Å². The van der Waals surface area contributed by atoms with Crippen molar-refractivity contribution in [3.8, 4) is 11.5 Å². The summed E-state index contributed by atoms with van der Waals surface area (Å²) >= 11 is 0. The number of aryl methyl sites for hydroxylation is 1. The molecule has 31 heavy (non-hydrogen) atoms. The molecule has 3 heterocycles. The highest BCUT2D eigenvalue weighted by Crippen LogP contribution is 2.34. The van der Waals surface area contributed by atoms with Gasteiger partial charge in [-0.05, 0) is 63.4 Å². The van der Waals surface area contributed by atoms with Gasteiger partial charge in [0, 0.05) is 36.3 Å². The first-order chi connectivity index (χ1) is 15.0. The Hall–Kier alpha value is -3.09. The van der Waals surface area contributed by atoms with Crippen molar-refractivity contribution in [2.75, 3.05) is 19.9 Å². The number of carbonyl (C=O) groups excluding carboxylic acids is 2. The summed E-state index contributed by atoms with van der Waals surface area (Å²) < 4.78 is 10.7. The second-order valence-corrected chi connectivity index (χ2v) is 8.30. The number of nitrogens with one attached hydrogen (secondary N) is 1. The fraction of sp³-hybridized carbons (Fsp3) is 0.458. The molecule has 1 unspecified atom stereocenters.